The number of carbonyl (C=O) groups excluding carboxylic acids is 3. The molecule has 162 valence electrons. The highest BCUT2D eigenvalue weighted by molar-refractivity contribution is 6.10. The van der Waals surface area contributed by atoms with Crippen LogP contribution in [0.25, 0.3) is 0 Å². The predicted octanol–water partition coefficient (Wildman–Crippen LogP) is 2.06. The van der Waals surface area contributed by atoms with Gasteiger partial charge in [0.25, 0.3) is 0 Å². The van der Waals surface area contributed by atoms with Crippen LogP contribution in [0.4, 0.5) is 5.69 Å². The smallest absolute Gasteiger partial charge is 0.240 e. The third-order valence-electron chi connectivity index (χ3n) is 6.37. The van der Waals surface area contributed by atoms with E-state index < -0.39 is 5.41 Å². The largest absolute Gasteiger partial charge is 0.497 e. The number of para-hydroxylation sites is 1. The van der Waals surface area contributed by atoms with Crippen LogP contribution in [-0.2, 0) is 19.8 Å². The molecule has 7 heteroatoms. The van der Waals surface area contributed by atoms with E-state index in [0.717, 1.165) is 23.7 Å². The molecule has 3 amide bonds. The lowest BCUT2D eigenvalue weighted by atomic mass is 9.75. The van der Waals surface area contributed by atoms with Gasteiger partial charge in [0.15, 0.2) is 0 Å². The first-order valence-corrected chi connectivity index (χ1v) is 10.5. The minimum Gasteiger partial charge on any atom is -0.497 e. The predicted molar refractivity (Wildman–Crippen MR) is 117 cm³/mol. The van der Waals surface area contributed by atoms with E-state index in [1.807, 2.05) is 18.2 Å². The van der Waals surface area contributed by atoms with Crippen molar-refractivity contribution >= 4 is 23.4 Å². The molecule has 2 aliphatic rings. The van der Waals surface area contributed by atoms with Crippen molar-refractivity contribution in [2.45, 2.75) is 18.3 Å². The number of amides is 3. The summed E-state index contributed by atoms with van der Waals surface area (Å²) in [7, 11) is 3.03. The fraction of sp³-hybridized carbons (Fsp3) is 0.375. The van der Waals surface area contributed by atoms with Gasteiger partial charge in [0, 0.05) is 51.8 Å². The Morgan fingerprint density at radius 2 is 1.71 bits per heavy atom. The Hall–Kier alpha value is -3.35. The van der Waals surface area contributed by atoms with E-state index in [4.69, 9.17) is 4.74 Å². The molecular formula is C24H27N3O4. The average Bonchev–Trinajstić information content (AvgIpc) is 3.04. The van der Waals surface area contributed by atoms with Crippen LogP contribution >= 0.6 is 0 Å². The summed E-state index contributed by atoms with van der Waals surface area (Å²) in [5.74, 6) is -0.112. The molecule has 1 unspecified atom stereocenters. The second-order valence-electron chi connectivity index (χ2n) is 8.13. The molecule has 0 spiro atoms. The Balaban J connectivity index is 1.53. The van der Waals surface area contributed by atoms with E-state index in [1.54, 1.807) is 36.3 Å². The molecule has 2 aliphatic heterocycles. The van der Waals surface area contributed by atoms with Gasteiger partial charge in [-0.25, -0.2) is 0 Å². The number of imide groups is 1. The lowest BCUT2D eigenvalue weighted by Gasteiger charge is -2.37. The molecule has 7 nitrogen and oxygen atoms in total. The first-order valence-electron chi connectivity index (χ1n) is 10.5. The maximum Gasteiger partial charge on any atom is 0.240 e. The van der Waals surface area contributed by atoms with Crippen molar-refractivity contribution < 1.29 is 19.1 Å². The Bertz CT molecular complexity index is 985. The zero-order valence-corrected chi connectivity index (χ0v) is 17.9. The van der Waals surface area contributed by atoms with Crippen molar-refractivity contribution in [1.82, 2.24) is 9.80 Å². The molecule has 0 N–H and O–H groups in total. The van der Waals surface area contributed by atoms with Gasteiger partial charge < -0.3 is 14.5 Å². The zero-order valence-electron chi connectivity index (χ0n) is 17.9. The van der Waals surface area contributed by atoms with Crippen LogP contribution in [0.2, 0.25) is 0 Å². The normalized spacial score (nSPS) is 21.5. The quantitative estimate of drug-likeness (QED) is 0.692. The van der Waals surface area contributed by atoms with Gasteiger partial charge in [-0.05, 0) is 29.8 Å². The number of carbonyl (C=O) groups is 3. The number of piperazine rings is 1. The molecule has 0 aliphatic carbocycles. The molecule has 31 heavy (non-hydrogen) atoms. The van der Waals surface area contributed by atoms with Crippen molar-refractivity contribution in [2.24, 2.45) is 0 Å². The molecule has 0 radical (unpaired) electrons. The number of likely N-dealkylation sites (N-methyl/N-ethyl adjacent to an activating group) is 1. The van der Waals surface area contributed by atoms with Crippen LogP contribution in [0, 0.1) is 0 Å². The van der Waals surface area contributed by atoms with Gasteiger partial charge in [0.1, 0.15) is 5.75 Å². The summed E-state index contributed by atoms with van der Waals surface area (Å²) in [4.78, 5) is 44.1. The number of methoxy groups -OCH3 is 1. The Labute approximate surface area is 182 Å². The third-order valence-corrected chi connectivity index (χ3v) is 6.37. The number of ether oxygens (including phenoxy) is 1. The minimum absolute atomic E-state index is 0.00871. The van der Waals surface area contributed by atoms with E-state index in [-0.39, 0.29) is 30.6 Å². The van der Waals surface area contributed by atoms with E-state index in [0.29, 0.717) is 24.4 Å². The molecule has 2 aromatic carbocycles. The van der Waals surface area contributed by atoms with Gasteiger partial charge in [-0.3, -0.25) is 19.3 Å². The van der Waals surface area contributed by atoms with Crippen LogP contribution in [-0.4, -0.2) is 67.9 Å². The zero-order chi connectivity index (χ0) is 22.0. The van der Waals surface area contributed by atoms with Crippen molar-refractivity contribution in [2.75, 3.05) is 45.2 Å². The Kier molecular flexibility index (Phi) is 5.67. The number of benzene rings is 2. The molecule has 0 saturated carbocycles. The van der Waals surface area contributed by atoms with Crippen molar-refractivity contribution in [3.8, 4) is 5.75 Å². The maximum absolute atomic E-state index is 13.3. The van der Waals surface area contributed by atoms with Gasteiger partial charge in [0.2, 0.25) is 17.7 Å². The van der Waals surface area contributed by atoms with Gasteiger partial charge in [-0.1, -0.05) is 30.3 Å². The number of anilines is 1. The molecular weight excluding hydrogens is 394 g/mol. The lowest BCUT2D eigenvalue weighted by molar-refractivity contribution is -0.141. The summed E-state index contributed by atoms with van der Waals surface area (Å²) in [6.07, 6.45) is -0.0361. The van der Waals surface area contributed by atoms with Crippen molar-refractivity contribution in [3.05, 3.63) is 60.2 Å². The molecule has 0 bridgehead atoms. The highest BCUT2D eigenvalue weighted by Crippen LogP contribution is 2.41. The topological polar surface area (TPSA) is 70.2 Å². The standard InChI is InChI=1S/C24H27N3O4/c1-25-21(28)16-24(23(25)30,18-7-6-10-20(15-18)31-2)17-22(29)27-13-11-26(12-14-27)19-8-4-3-5-9-19/h3-10,15H,11-14,16-17H2,1-2H3. The van der Waals surface area contributed by atoms with Gasteiger partial charge in [-0.2, -0.15) is 0 Å². The van der Waals surface area contributed by atoms with E-state index in [9.17, 15) is 14.4 Å². The van der Waals surface area contributed by atoms with Gasteiger partial charge in [-0.15, -0.1) is 0 Å². The SMILES string of the molecule is COc1cccc(C2(CC(=O)N3CCN(c4ccccc4)CC3)CC(=O)N(C)C2=O)c1. The minimum atomic E-state index is -1.19. The summed E-state index contributed by atoms with van der Waals surface area (Å²) in [5, 5.41) is 0. The highest BCUT2D eigenvalue weighted by atomic mass is 16.5. The molecule has 2 heterocycles. The fourth-order valence-electron chi connectivity index (χ4n) is 4.50. The van der Waals surface area contributed by atoms with Crippen LogP contribution in [0.3, 0.4) is 0 Å². The molecule has 1 atom stereocenters. The van der Waals surface area contributed by atoms with Crippen LogP contribution < -0.4 is 9.64 Å². The van der Waals surface area contributed by atoms with E-state index in [2.05, 4.69) is 17.0 Å². The molecule has 2 aromatic rings. The number of hydrogen-bond acceptors (Lipinski definition) is 5. The summed E-state index contributed by atoms with van der Waals surface area (Å²) in [6.45, 7) is 2.63. The monoisotopic (exact) mass is 421 g/mol. The van der Waals surface area contributed by atoms with Crippen LogP contribution in [0.5, 0.6) is 5.75 Å². The van der Waals surface area contributed by atoms with Crippen molar-refractivity contribution in [1.29, 1.82) is 0 Å². The van der Waals surface area contributed by atoms with Crippen LogP contribution in [0.1, 0.15) is 18.4 Å². The summed E-state index contributed by atoms with van der Waals surface area (Å²) in [6, 6.07) is 17.2. The molecule has 2 saturated heterocycles. The first kappa shape index (κ1) is 20.9. The van der Waals surface area contributed by atoms with Gasteiger partial charge >= 0.3 is 0 Å². The second kappa shape index (κ2) is 8.41. The fourth-order valence-corrected chi connectivity index (χ4v) is 4.50. The first-order chi connectivity index (χ1) is 14.9. The highest BCUT2D eigenvalue weighted by Gasteiger charge is 2.53. The Morgan fingerprint density at radius 1 is 1.00 bits per heavy atom. The van der Waals surface area contributed by atoms with Crippen molar-refractivity contribution in [3.63, 3.8) is 0 Å². The molecule has 4 rings (SSSR count). The average molecular weight is 421 g/mol. The van der Waals surface area contributed by atoms with Crippen LogP contribution in [0.15, 0.2) is 54.6 Å². The Morgan fingerprint density at radius 3 is 2.32 bits per heavy atom. The summed E-state index contributed by atoms with van der Waals surface area (Å²) >= 11 is 0. The number of rotatable bonds is 5. The number of likely N-dealkylation sites (tertiary alicyclic amines) is 1. The summed E-state index contributed by atoms with van der Waals surface area (Å²) in [5.41, 5.74) is 0.597. The van der Waals surface area contributed by atoms with Gasteiger partial charge in [0.05, 0.1) is 12.5 Å². The number of hydrogen-bond donors (Lipinski definition) is 0. The van der Waals surface area contributed by atoms with E-state index in [1.165, 1.54) is 7.05 Å². The maximum atomic E-state index is 13.3. The summed E-state index contributed by atoms with van der Waals surface area (Å²) < 4.78 is 5.31. The number of nitrogens with zero attached hydrogens (tertiary/aromatic N) is 3. The molecule has 2 fully saturated rings. The molecule has 0 aromatic heterocycles. The lowest BCUT2D eigenvalue weighted by Crippen LogP contribution is -2.51. The second-order valence-corrected chi connectivity index (χ2v) is 8.13. The third kappa shape index (κ3) is 3.87. The van der Waals surface area contributed by atoms with E-state index >= 15 is 0 Å².